The topological polar surface area (TPSA) is 125 Å². The summed E-state index contributed by atoms with van der Waals surface area (Å²) in [6.45, 7) is 0. The average molecular weight is 120 g/mol. The third-order valence-corrected chi connectivity index (χ3v) is 0. The van der Waals surface area contributed by atoms with Crippen LogP contribution in [0.15, 0.2) is 0 Å². The normalized spacial score (nSPS) is 3.86. The molecule has 0 bridgehead atoms. The molecular formula is H5BMgO5. The Balaban J connectivity index is -0.0000000150. The second-order valence-corrected chi connectivity index (χ2v) is 0.326. The fourth-order valence-electron chi connectivity index (χ4n) is 0. The van der Waals surface area contributed by atoms with Gasteiger partial charge in [-0.05, 0) is 0 Å². The van der Waals surface area contributed by atoms with Crippen LogP contribution < -0.4 is 5.02 Å². The monoisotopic (exact) mass is 120 g/mol. The number of hydrogen-bond donors (Lipinski definition) is 2. The molecule has 7 heavy (non-hydrogen) atoms. The van der Waals surface area contributed by atoms with Crippen molar-refractivity contribution in [2.24, 2.45) is 0 Å². The van der Waals surface area contributed by atoms with Gasteiger partial charge in [-0.3, -0.25) is 0 Å². The first-order valence-electron chi connectivity index (χ1n) is 0.752. The first kappa shape index (κ1) is 25.4. The van der Waals surface area contributed by atoms with Crippen LogP contribution in [0, 0.1) is 0 Å². The molecule has 0 aromatic rings. The Labute approximate surface area is 56.9 Å². The van der Waals surface area contributed by atoms with Crippen molar-refractivity contribution in [1.82, 2.24) is 0 Å². The maximum Gasteiger partial charge on any atom is 2.00 e. The summed E-state index contributed by atoms with van der Waals surface area (Å²) in [5, 5.41) is 22.8. The van der Waals surface area contributed by atoms with Crippen molar-refractivity contribution in [3.63, 3.8) is 0 Å². The summed E-state index contributed by atoms with van der Waals surface area (Å²) in [4.78, 5) is 0. The van der Waals surface area contributed by atoms with E-state index in [4.69, 9.17) is 15.1 Å². The van der Waals surface area contributed by atoms with E-state index < -0.39 is 7.32 Å². The Morgan fingerprint density at radius 1 is 1.29 bits per heavy atom. The van der Waals surface area contributed by atoms with Gasteiger partial charge in [-0.25, -0.2) is 0 Å². The summed E-state index contributed by atoms with van der Waals surface area (Å²) in [5.41, 5.74) is 0. The van der Waals surface area contributed by atoms with Crippen LogP contribution in [0.25, 0.3) is 0 Å². The summed E-state index contributed by atoms with van der Waals surface area (Å²) in [5.74, 6) is 0. The average Bonchev–Trinajstić information content (AvgIpc) is 0.811. The maximum atomic E-state index is 8.64. The molecule has 0 aliphatic heterocycles. The van der Waals surface area contributed by atoms with Gasteiger partial charge in [-0.2, -0.15) is 0 Å². The molecule has 0 aromatic heterocycles. The predicted molar refractivity (Wildman–Crippen MR) is 21.5 cm³/mol. The van der Waals surface area contributed by atoms with Gasteiger partial charge in [0.1, 0.15) is 0 Å². The van der Waals surface area contributed by atoms with Crippen LogP contribution in [0.4, 0.5) is 0 Å². The standard InChI is InChI=1S/BH2O3.Mg.2H2O/c2-1(3)4;;;/h2-3H;;2*1H2/q-1;+2;;/p-1. The van der Waals surface area contributed by atoms with Crippen LogP contribution in [0.3, 0.4) is 0 Å². The smallest absolute Gasteiger partial charge is 0.870 e. The predicted octanol–water partition coefficient (Wildman–Crippen LogP) is -4.07. The molecule has 0 unspecified atom stereocenters. The quantitative estimate of drug-likeness (QED) is 0.315. The molecule has 0 atom stereocenters. The van der Waals surface area contributed by atoms with Crippen LogP contribution in [-0.4, -0.2) is 51.4 Å². The van der Waals surface area contributed by atoms with Crippen molar-refractivity contribution in [3.05, 3.63) is 0 Å². The Morgan fingerprint density at radius 2 is 1.29 bits per heavy atom. The number of rotatable bonds is 0. The van der Waals surface area contributed by atoms with Crippen molar-refractivity contribution in [2.75, 3.05) is 0 Å². The van der Waals surface area contributed by atoms with E-state index in [1.165, 1.54) is 0 Å². The van der Waals surface area contributed by atoms with Gasteiger partial charge in [0.05, 0.1) is 0 Å². The van der Waals surface area contributed by atoms with E-state index in [1.54, 1.807) is 0 Å². The van der Waals surface area contributed by atoms with Crippen LogP contribution in [0.5, 0.6) is 0 Å². The molecule has 0 radical (unpaired) electrons. The molecule has 0 fully saturated rings. The van der Waals surface area contributed by atoms with E-state index in [1.807, 2.05) is 0 Å². The van der Waals surface area contributed by atoms with E-state index in [0.29, 0.717) is 0 Å². The molecule has 0 rings (SSSR count). The molecule has 0 aliphatic carbocycles. The van der Waals surface area contributed by atoms with Gasteiger partial charge in [0.2, 0.25) is 0 Å². The zero-order chi connectivity index (χ0) is 3.58. The van der Waals surface area contributed by atoms with Gasteiger partial charge >= 0.3 is 30.4 Å². The zero-order valence-corrected chi connectivity index (χ0v) is 4.95. The second-order valence-electron chi connectivity index (χ2n) is 0.326. The molecular weight excluding hydrogens is 115 g/mol. The molecule has 0 aromatic carbocycles. The maximum absolute atomic E-state index is 8.64. The van der Waals surface area contributed by atoms with Crippen molar-refractivity contribution in [1.29, 1.82) is 0 Å². The molecule has 5 nitrogen and oxygen atoms in total. The van der Waals surface area contributed by atoms with Crippen molar-refractivity contribution in [2.45, 2.75) is 0 Å². The summed E-state index contributed by atoms with van der Waals surface area (Å²) < 4.78 is 0. The third-order valence-electron chi connectivity index (χ3n) is 0. The molecule has 0 spiro atoms. The fourth-order valence-corrected chi connectivity index (χ4v) is 0. The first-order valence-corrected chi connectivity index (χ1v) is 0.752. The van der Waals surface area contributed by atoms with Crippen LogP contribution in [0.1, 0.15) is 0 Å². The summed E-state index contributed by atoms with van der Waals surface area (Å²) in [7, 11) is -2.42. The SMILES string of the molecule is O.[Mg+2].[O-]B(O)O.[OH-]. The van der Waals surface area contributed by atoms with Crippen LogP contribution >= 0.6 is 0 Å². The van der Waals surface area contributed by atoms with Gasteiger partial charge in [-0.15, -0.1) is 0 Å². The zero-order valence-electron chi connectivity index (χ0n) is 3.53. The minimum atomic E-state index is -2.42. The van der Waals surface area contributed by atoms with Crippen molar-refractivity contribution >= 4 is 30.4 Å². The van der Waals surface area contributed by atoms with Gasteiger partial charge in [0, 0.05) is 0 Å². The molecule has 0 aliphatic rings. The van der Waals surface area contributed by atoms with Gasteiger partial charge in [0.15, 0.2) is 0 Å². The van der Waals surface area contributed by atoms with Crippen LogP contribution in [-0.2, 0) is 0 Å². The minimum absolute atomic E-state index is 0. The van der Waals surface area contributed by atoms with Crippen LogP contribution in [0.2, 0.25) is 0 Å². The molecule has 0 amide bonds. The summed E-state index contributed by atoms with van der Waals surface area (Å²) in [6.07, 6.45) is 0. The Hall–Kier alpha value is 0.631. The van der Waals surface area contributed by atoms with Crippen molar-refractivity contribution in [3.8, 4) is 0 Å². The van der Waals surface area contributed by atoms with Gasteiger partial charge in [-0.1, -0.05) is 0 Å². The third kappa shape index (κ3) is 357. The van der Waals surface area contributed by atoms with E-state index in [2.05, 4.69) is 0 Å². The van der Waals surface area contributed by atoms with Crippen molar-refractivity contribution < 1.29 is 26.0 Å². The molecule has 0 heterocycles. The largest absolute Gasteiger partial charge is 2.00 e. The molecule has 0 saturated carbocycles. The van der Waals surface area contributed by atoms with E-state index in [0.717, 1.165) is 0 Å². The molecule has 0 saturated heterocycles. The Morgan fingerprint density at radius 3 is 1.29 bits per heavy atom. The van der Waals surface area contributed by atoms with Gasteiger partial charge in [0.25, 0.3) is 0 Å². The van der Waals surface area contributed by atoms with Gasteiger partial charge < -0.3 is 26.0 Å². The Bertz CT molecular complexity index is 12.8. The Kier molecular flexibility index (Phi) is 58.0. The van der Waals surface area contributed by atoms with E-state index in [9.17, 15) is 0 Å². The summed E-state index contributed by atoms with van der Waals surface area (Å²) in [6, 6.07) is 0. The first-order chi connectivity index (χ1) is 1.73. The number of hydrogen-bond acceptors (Lipinski definition) is 4. The molecule has 40 valence electrons. The second kappa shape index (κ2) is 15.9. The van der Waals surface area contributed by atoms with E-state index >= 15 is 0 Å². The summed E-state index contributed by atoms with van der Waals surface area (Å²) >= 11 is 0. The fraction of sp³-hybridized carbons (Fsp3) is 0. The molecule has 7 heteroatoms. The molecule has 5 N–H and O–H groups in total. The minimum Gasteiger partial charge on any atom is -0.870 e. The van der Waals surface area contributed by atoms with E-state index in [-0.39, 0.29) is 34.0 Å².